The van der Waals surface area contributed by atoms with Crippen LogP contribution >= 0.6 is 38.5 Å². The average Bonchev–Trinajstić information content (AvgIpc) is 1.82. The molecule has 0 radical (unpaired) electrons. The summed E-state index contributed by atoms with van der Waals surface area (Å²) in [5.74, 6) is 0. The van der Waals surface area contributed by atoms with Crippen molar-refractivity contribution in [3.63, 3.8) is 0 Å². The van der Waals surface area contributed by atoms with Gasteiger partial charge in [-0.25, -0.2) is 8.78 Å². The second-order valence-electron chi connectivity index (χ2n) is 2.55. The molecule has 2 unspecified atom stereocenters. The Morgan fingerprint density at radius 1 is 1.20 bits per heavy atom. The lowest BCUT2D eigenvalue weighted by Crippen LogP contribution is -2.36. The van der Waals surface area contributed by atoms with E-state index in [4.69, 9.17) is 0 Å². The van der Waals surface area contributed by atoms with Gasteiger partial charge in [-0.05, 0) is 12.8 Å². The zero-order valence-electron chi connectivity index (χ0n) is 5.24. The Morgan fingerprint density at radius 3 is 2.00 bits per heavy atom. The van der Waals surface area contributed by atoms with Crippen molar-refractivity contribution in [2.24, 2.45) is 0 Å². The zero-order chi connectivity index (χ0) is 7.72. The first-order valence-electron chi connectivity index (χ1n) is 3.17. The highest BCUT2D eigenvalue weighted by Gasteiger charge is 2.35. The zero-order valence-corrected chi connectivity index (χ0v) is 8.98. The van der Waals surface area contributed by atoms with Gasteiger partial charge in [-0.1, -0.05) is 38.5 Å². The third-order valence-electron chi connectivity index (χ3n) is 1.65. The van der Waals surface area contributed by atoms with Crippen molar-refractivity contribution in [2.75, 3.05) is 0 Å². The summed E-state index contributed by atoms with van der Waals surface area (Å²) in [5, 5.41) is 0. The van der Waals surface area contributed by atoms with Crippen molar-refractivity contribution < 1.29 is 8.78 Å². The van der Waals surface area contributed by atoms with Crippen LogP contribution in [-0.4, -0.2) is 21.1 Å². The Kier molecular flexibility index (Phi) is 3.34. The fourth-order valence-corrected chi connectivity index (χ4v) is 2.37. The van der Waals surface area contributed by atoms with Crippen LogP contribution in [-0.2, 0) is 0 Å². The first kappa shape index (κ1) is 9.16. The quantitative estimate of drug-likeness (QED) is 0.474. The van der Waals surface area contributed by atoms with Crippen LogP contribution in [0.15, 0.2) is 0 Å². The molecule has 1 saturated carbocycles. The third-order valence-corrected chi connectivity index (χ3v) is 3.96. The van der Waals surface area contributed by atoms with E-state index in [0.29, 0.717) is 12.8 Å². The predicted molar refractivity (Wildman–Crippen MR) is 49.5 cm³/mol. The van der Waals surface area contributed by atoms with Gasteiger partial charge in [0.1, 0.15) is 12.3 Å². The first-order valence-corrected chi connectivity index (χ1v) is 5.33. The first-order chi connectivity index (χ1) is 4.61. The van der Waals surface area contributed by atoms with E-state index >= 15 is 0 Å². The van der Waals surface area contributed by atoms with Crippen LogP contribution in [0, 0.1) is 0 Å². The fourth-order valence-electron chi connectivity index (χ4n) is 1.07. The van der Waals surface area contributed by atoms with Crippen LogP contribution in [0.5, 0.6) is 0 Å². The van der Waals surface area contributed by atoms with Crippen molar-refractivity contribution in [2.45, 2.75) is 33.9 Å². The second-order valence-corrected chi connectivity index (χ2v) is 5.28. The van der Waals surface area contributed by atoms with E-state index < -0.39 is 16.3 Å². The van der Waals surface area contributed by atoms with E-state index in [1.807, 2.05) is 22.6 Å². The number of alkyl halides is 4. The molecule has 60 valence electrons. The van der Waals surface area contributed by atoms with Crippen molar-refractivity contribution in [1.29, 1.82) is 0 Å². The molecule has 0 aliphatic heterocycles. The van der Waals surface area contributed by atoms with Gasteiger partial charge >= 0.3 is 0 Å². The van der Waals surface area contributed by atoms with Gasteiger partial charge in [0.25, 0.3) is 0 Å². The van der Waals surface area contributed by atoms with Gasteiger partial charge in [-0.2, -0.15) is 0 Å². The van der Waals surface area contributed by atoms with Crippen LogP contribution < -0.4 is 0 Å². The van der Waals surface area contributed by atoms with Gasteiger partial charge in [0.2, 0.25) is 0 Å². The normalized spacial score (nSPS) is 49.2. The summed E-state index contributed by atoms with van der Waals surface area (Å²) in [5.41, 5.74) is 0. The van der Waals surface area contributed by atoms with Crippen LogP contribution in [0.3, 0.4) is 0 Å². The molecule has 2 atom stereocenters. The minimum Gasteiger partial charge on any atom is -0.246 e. The highest BCUT2D eigenvalue weighted by molar-refractivity contribution is 14.1. The number of hydrogen-bond donors (Lipinski definition) is 0. The average molecular weight is 325 g/mol. The molecule has 10 heavy (non-hydrogen) atoms. The molecule has 1 aliphatic carbocycles. The molecule has 0 aromatic heterocycles. The van der Waals surface area contributed by atoms with Crippen LogP contribution in [0.4, 0.5) is 8.78 Å². The largest absolute Gasteiger partial charge is 0.246 e. The van der Waals surface area contributed by atoms with E-state index in [-0.39, 0.29) is 4.83 Å². The smallest absolute Gasteiger partial charge is 0.116 e. The Labute approximate surface area is 81.0 Å². The van der Waals surface area contributed by atoms with E-state index in [1.54, 1.807) is 0 Å². The van der Waals surface area contributed by atoms with Crippen molar-refractivity contribution in [1.82, 2.24) is 0 Å². The number of rotatable bonds is 0. The highest BCUT2D eigenvalue weighted by Crippen LogP contribution is 2.33. The highest BCUT2D eigenvalue weighted by atomic mass is 127. The molecule has 0 spiro atoms. The van der Waals surface area contributed by atoms with Gasteiger partial charge in [0.15, 0.2) is 0 Å². The maximum Gasteiger partial charge on any atom is 0.116 e. The SMILES string of the molecule is FC1CC(Br)CC(F)C1I. The summed E-state index contributed by atoms with van der Waals surface area (Å²) in [6.45, 7) is 0. The summed E-state index contributed by atoms with van der Waals surface area (Å²) in [4.78, 5) is 0.0310. The minimum absolute atomic E-state index is 0.0310. The Hall–Kier alpha value is 1.07. The van der Waals surface area contributed by atoms with Crippen molar-refractivity contribution in [3.05, 3.63) is 0 Å². The third kappa shape index (κ3) is 2.03. The maximum absolute atomic E-state index is 12.8. The molecule has 1 fully saturated rings. The van der Waals surface area contributed by atoms with Gasteiger partial charge < -0.3 is 0 Å². The van der Waals surface area contributed by atoms with Crippen molar-refractivity contribution in [3.8, 4) is 0 Å². The minimum atomic E-state index is -0.978. The van der Waals surface area contributed by atoms with E-state index in [2.05, 4.69) is 15.9 Å². The fraction of sp³-hybridized carbons (Fsp3) is 1.00. The molecule has 1 rings (SSSR count). The van der Waals surface area contributed by atoms with Crippen LogP contribution in [0.25, 0.3) is 0 Å². The predicted octanol–water partition coefficient (Wildman–Crippen LogP) is 3.02. The van der Waals surface area contributed by atoms with Gasteiger partial charge in [-0.15, -0.1) is 0 Å². The molecule has 0 bridgehead atoms. The lowest BCUT2D eigenvalue weighted by molar-refractivity contribution is 0.182. The molecule has 0 aromatic carbocycles. The van der Waals surface area contributed by atoms with E-state index in [1.165, 1.54) is 0 Å². The lowest BCUT2D eigenvalue weighted by atomic mass is 9.97. The molecule has 0 nitrogen and oxygen atoms in total. The molecule has 1 aliphatic rings. The summed E-state index contributed by atoms with van der Waals surface area (Å²) in [6, 6.07) is 0. The Bertz CT molecular complexity index is 110. The molecule has 0 amide bonds. The standard InChI is InChI=1S/C6H8BrF2I/c7-3-1-4(8)6(10)5(9)2-3/h3-6H,1-2H2. The summed E-state index contributed by atoms with van der Waals surface area (Å²) in [6.07, 6.45) is -1.05. The molecule has 0 heterocycles. The Balaban J connectivity index is 2.49. The monoisotopic (exact) mass is 324 g/mol. The summed E-state index contributed by atoms with van der Waals surface area (Å²) < 4.78 is 25.2. The van der Waals surface area contributed by atoms with Gasteiger partial charge in [-0.3, -0.25) is 0 Å². The molecule has 0 N–H and O–H groups in total. The van der Waals surface area contributed by atoms with Gasteiger partial charge in [0, 0.05) is 4.83 Å². The maximum atomic E-state index is 12.8. The number of halogens is 4. The molecule has 4 heteroatoms. The second kappa shape index (κ2) is 3.65. The molecular formula is C6H8BrF2I. The summed E-state index contributed by atoms with van der Waals surface area (Å²) in [7, 11) is 0. The van der Waals surface area contributed by atoms with Crippen LogP contribution in [0.2, 0.25) is 0 Å². The molecular weight excluding hydrogens is 317 g/mol. The van der Waals surface area contributed by atoms with E-state index in [9.17, 15) is 8.78 Å². The van der Waals surface area contributed by atoms with Crippen molar-refractivity contribution >= 4 is 38.5 Å². The number of hydrogen-bond acceptors (Lipinski definition) is 0. The molecule has 0 saturated heterocycles. The van der Waals surface area contributed by atoms with Gasteiger partial charge in [0.05, 0.1) is 3.92 Å². The topological polar surface area (TPSA) is 0 Å². The van der Waals surface area contributed by atoms with Crippen LogP contribution in [0.1, 0.15) is 12.8 Å². The molecule has 0 aromatic rings. The Morgan fingerprint density at radius 2 is 1.60 bits per heavy atom. The summed E-state index contributed by atoms with van der Waals surface area (Å²) >= 11 is 5.06. The lowest BCUT2D eigenvalue weighted by Gasteiger charge is -2.28. The van der Waals surface area contributed by atoms with E-state index in [0.717, 1.165) is 0 Å².